The lowest BCUT2D eigenvalue weighted by molar-refractivity contribution is -0.139. The number of urea groups is 1. The van der Waals surface area contributed by atoms with Gasteiger partial charge < -0.3 is 10.4 Å². The second-order valence-corrected chi connectivity index (χ2v) is 5.56. The molecule has 1 unspecified atom stereocenters. The smallest absolute Gasteiger partial charge is 0.326 e. The van der Waals surface area contributed by atoms with Gasteiger partial charge in [0.1, 0.15) is 11.0 Å². The maximum atomic E-state index is 11.6. The summed E-state index contributed by atoms with van der Waals surface area (Å²) in [6.07, 6.45) is 1.12. The number of carboxylic acids is 1. The van der Waals surface area contributed by atoms with Gasteiger partial charge in [-0.2, -0.15) is 0 Å². The van der Waals surface area contributed by atoms with E-state index in [1.54, 1.807) is 6.92 Å². The van der Waals surface area contributed by atoms with Crippen LogP contribution in [0.15, 0.2) is 0 Å². The van der Waals surface area contributed by atoms with Crippen LogP contribution in [0.3, 0.4) is 0 Å². The molecule has 1 aromatic rings. The molecule has 0 saturated carbocycles. The molecule has 2 amide bonds. The maximum absolute atomic E-state index is 11.6. The van der Waals surface area contributed by atoms with Crippen LogP contribution in [-0.2, 0) is 11.2 Å². The van der Waals surface area contributed by atoms with Crippen molar-refractivity contribution < 1.29 is 14.7 Å². The number of aromatic nitrogens is 2. The summed E-state index contributed by atoms with van der Waals surface area (Å²) in [5.74, 6) is -0.596. The van der Waals surface area contributed by atoms with Gasteiger partial charge in [-0.1, -0.05) is 32.1 Å². The van der Waals surface area contributed by atoms with Crippen molar-refractivity contribution in [1.82, 2.24) is 15.5 Å². The number of hydrogen-bond acceptors (Lipinski definition) is 5. The first-order chi connectivity index (χ1) is 8.92. The fourth-order valence-electron chi connectivity index (χ4n) is 1.37. The first-order valence-corrected chi connectivity index (χ1v) is 6.86. The number of nitrogens with one attached hydrogen (secondary N) is 2. The number of amides is 2. The number of carbonyl (C=O) groups is 2. The molecule has 1 aromatic heterocycles. The van der Waals surface area contributed by atoms with Gasteiger partial charge in [-0.15, -0.1) is 10.2 Å². The van der Waals surface area contributed by atoms with Crippen LogP contribution in [0.1, 0.15) is 32.2 Å². The topological polar surface area (TPSA) is 104 Å². The first kappa shape index (κ1) is 15.4. The molecule has 0 bridgehead atoms. The van der Waals surface area contributed by atoms with Gasteiger partial charge in [-0.3, -0.25) is 5.32 Å². The largest absolute Gasteiger partial charge is 0.480 e. The Kier molecular flexibility index (Phi) is 5.68. The Bertz CT molecular complexity index is 447. The van der Waals surface area contributed by atoms with E-state index < -0.39 is 18.0 Å². The van der Waals surface area contributed by atoms with Crippen molar-refractivity contribution in [3.63, 3.8) is 0 Å². The van der Waals surface area contributed by atoms with Gasteiger partial charge >= 0.3 is 12.0 Å². The zero-order chi connectivity index (χ0) is 14.4. The van der Waals surface area contributed by atoms with Crippen LogP contribution in [0.2, 0.25) is 0 Å². The van der Waals surface area contributed by atoms with Crippen molar-refractivity contribution in [3.8, 4) is 0 Å². The quantitative estimate of drug-likeness (QED) is 0.738. The maximum Gasteiger partial charge on any atom is 0.326 e. The van der Waals surface area contributed by atoms with Crippen molar-refractivity contribution in [2.45, 2.75) is 39.7 Å². The van der Waals surface area contributed by atoms with Crippen molar-refractivity contribution >= 4 is 28.5 Å². The number of aliphatic carboxylic acids is 1. The Morgan fingerprint density at radius 1 is 1.37 bits per heavy atom. The van der Waals surface area contributed by atoms with Crippen LogP contribution in [0, 0.1) is 5.92 Å². The van der Waals surface area contributed by atoms with Crippen LogP contribution in [0.5, 0.6) is 0 Å². The average molecular weight is 286 g/mol. The minimum atomic E-state index is -1.06. The van der Waals surface area contributed by atoms with Crippen molar-refractivity contribution in [3.05, 3.63) is 5.01 Å². The summed E-state index contributed by atoms with van der Waals surface area (Å²) in [4.78, 5) is 22.3. The lowest BCUT2D eigenvalue weighted by atomic mass is 10.1. The molecule has 1 atom stereocenters. The Labute approximate surface area is 115 Å². The minimum absolute atomic E-state index is 0.317. The summed E-state index contributed by atoms with van der Waals surface area (Å²) < 4.78 is 0. The molecule has 0 aliphatic rings. The van der Waals surface area contributed by atoms with Gasteiger partial charge in [0.15, 0.2) is 0 Å². The summed E-state index contributed by atoms with van der Waals surface area (Å²) in [5.41, 5.74) is 0. The van der Waals surface area contributed by atoms with E-state index in [1.165, 1.54) is 11.3 Å². The summed E-state index contributed by atoms with van der Waals surface area (Å²) >= 11 is 1.29. The molecule has 0 saturated heterocycles. The molecule has 8 heteroatoms. The normalized spacial score (nSPS) is 12.2. The summed E-state index contributed by atoms with van der Waals surface area (Å²) in [7, 11) is 0. The zero-order valence-electron chi connectivity index (χ0n) is 11.1. The average Bonchev–Trinajstić information content (AvgIpc) is 2.71. The summed E-state index contributed by atoms with van der Waals surface area (Å²) in [6, 6.07) is -1.48. The Morgan fingerprint density at radius 3 is 2.58 bits per heavy atom. The number of hydrogen-bond donors (Lipinski definition) is 3. The molecule has 0 aliphatic carbocycles. The molecule has 3 N–H and O–H groups in total. The third-order valence-electron chi connectivity index (χ3n) is 2.28. The molecule has 19 heavy (non-hydrogen) atoms. The highest BCUT2D eigenvalue weighted by molar-refractivity contribution is 7.15. The predicted molar refractivity (Wildman–Crippen MR) is 72.3 cm³/mol. The van der Waals surface area contributed by atoms with E-state index in [9.17, 15) is 9.59 Å². The van der Waals surface area contributed by atoms with E-state index in [0.29, 0.717) is 17.5 Å². The van der Waals surface area contributed by atoms with Crippen molar-refractivity contribution in [1.29, 1.82) is 0 Å². The lowest BCUT2D eigenvalue weighted by Crippen LogP contribution is -2.42. The highest BCUT2D eigenvalue weighted by Crippen LogP contribution is 2.18. The van der Waals surface area contributed by atoms with Crippen molar-refractivity contribution in [2.75, 3.05) is 5.32 Å². The highest BCUT2D eigenvalue weighted by Gasteiger charge is 2.18. The van der Waals surface area contributed by atoms with E-state index in [-0.39, 0.29) is 0 Å². The van der Waals surface area contributed by atoms with Gasteiger partial charge in [0.05, 0.1) is 0 Å². The van der Waals surface area contributed by atoms with E-state index in [2.05, 4.69) is 34.7 Å². The molecule has 0 fully saturated rings. The van der Waals surface area contributed by atoms with E-state index in [1.807, 2.05) is 0 Å². The summed E-state index contributed by atoms with van der Waals surface area (Å²) in [6.45, 7) is 5.82. The fourth-order valence-corrected chi connectivity index (χ4v) is 2.31. The Hall–Kier alpha value is -1.70. The van der Waals surface area contributed by atoms with Gasteiger partial charge in [-0.25, -0.2) is 9.59 Å². The molecule has 0 aliphatic heterocycles. The van der Waals surface area contributed by atoms with Crippen LogP contribution in [0.25, 0.3) is 0 Å². The third-order valence-corrected chi connectivity index (χ3v) is 3.14. The number of carboxylic acid groups (broad SMARTS) is 1. The molecular formula is C11H18N4O3S. The number of carbonyl (C=O) groups excluding carboxylic acids is 1. The van der Waals surface area contributed by atoms with Crippen LogP contribution < -0.4 is 10.6 Å². The van der Waals surface area contributed by atoms with Gasteiger partial charge in [0.2, 0.25) is 5.13 Å². The van der Waals surface area contributed by atoms with E-state index >= 15 is 0 Å². The second kappa shape index (κ2) is 7.03. The van der Waals surface area contributed by atoms with Gasteiger partial charge in [0.25, 0.3) is 0 Å². The number of nitrogens with zero attached hydrogens (tertiary/aromatic N) is 2. The third kappa shape index (κ3) is 5.21. The minimum Gasteiger partial charge on any atom is -0.480 e. The van der Waals surface area contributed by atoms with Crippen molar-refractivity contribution in [2.24, 2.45) is 5.92 Å². The molecule has 0 radical (unpaired) electrons. The SMILES string of the molecule is CCC(NC(=O)Nc1nnc(CC(C)C)s1)C(=O)O. The molecular weight excluding hydrogens is 268 g/mol. The second-order valence-electron chi connectivity index (χ2n) is 4.50. The van der Waals surface area contributed by atoms with Gasteiger partial charge in [0, 0.05) is 6.42 Å². The molecule has 106 valence electrons. The number of rotatable bonds is 6. The molecule has 7 nitrogen and oxygen atoms in total. The molecule has 0 spiro atoms. The van der Waals surface area contributed by atoms with Gasteiger partial charge in [-0.05, 0) is 12.3 Å². The Balaban J connectivity index is 2.52. The monoisotopic (exact) mass is 286 g/mol. The fraction of sp³-hybridized carbons (Fsp3) is 0.636. The van der Waals surface area contributed by atoms with Crippen LogP contribution in [-0.4, -0.2) is 33.3 Å². The van der Waals surface area contributed by atoms with E-state index in [0.717, 1.165) is 11.4 Å². The van der Waals surface area contributed by atoms with Crippen LogP contribution in [0.4, 0.5) is 9.93 Å². The zero-order valence-corrected chi connectivity index (χ0v) is 12.0. The lowest BCUT2D eigenvalue weighted by Gasteiger charge is -2.11. The Morgan fingerprint density at radius 2 is 2.05 bits per heavy atom. The predicted octanol–water partition coefficient (Wildman–Crippen LogP) is 1.72. The summed E-state index contributed by atoms with van der Waals surface area (Å²) in [5, 5.41) is 22.7. The molecule has 0 aromatic carbocycles. The number of anilines is 1. The first-order valence-electron chi connectivity index (χ1n) is 6.05. The standard InChI is InChI=1S/C11H18N4O3S/c1-4-7(9(16)17)12-10(18)13-11-15-14-8(19-11)5-6(2)3/h6-7H,4-5H2,1-3H3,(H,16,17)(H2,12,13,15,18). The van der Waals surface area contributed by atoms with E-state index in [4.69, 9.17) is 5.11 Å². The molecule has 1 heterocycles. The highest BCUT2D eigenvalue weighted by atomic mass is 32.1. The molecule has 1 rings (SSSR count). The van der Waals surface area contributed by atoms with Crippen LogP contribution >= 0.6 is 11.3 Å².